The number of aliphatic hydroxyl groups is 1. The minimum absolute atomic E-state index is 0.270. The van der Waals surface area contributed by atoms with Gasteiger partial charge in [-0.25, -0.2) is 13.6 Å². The van der Waals surface area contributed by atoms with Gasteiger partial charge in [-0.1, -0.05) is 6.92 Å². The number of imide groups is 1. The second kappa shape index (κ2) is 6.12. The van der Waals surface area contributed by atoms with Gasteiger partial charge in [0.2, 0.25) is 0 Å². The number of carbonyl (C=O) groups excluding carboxylic acids is 2. The zero-order valence-electron chi connectivity index (χ0n) is 13.4. The lowest BCUT2D eigenvalue weighted by Gasteiger charge is -2.33. The van der Waals surface area contributed by atoms with Crippen LogP contribution in [0.25, 0.3) is 0 Å². The summed E-state index contributed by atoms with van der Waals surface area (Å²) in [5.41, 5.74) is -1.18. The Balaban J connectivity index is 1.76. The van der Waals surface area contributed by atoms with Gasteiger partial charge >= 0.3 is 6.03 Å². The first kappa shape index (κ1) is 16.8. The van der Waals surface area contributed by atoms with Crippen LogP contribution in [0.5, 0.6) is 0 Å². The predicted octanol–water partition coefficient (Wildman–Crippen LogP) is 2.50. The van der Waals surface area contributed by atoms with Crippen LogP contribution in [0.3, 0.4) is 0 Å². The highest BCUT2D eigenvalue weighted by atomic mass is 19.1. The maximum Gasteiger partial charge on any atom is 0.325 e. The first-order valence-electron chi connectivity index (χ1n) is 8.09. The molecule has 2 fully saturated rings. The summed E-state index contributed by atoms with van der Waals surface area (Å²) in [6.45, 7) is 1.70. The van der Waals surface area contributed by atoms with Crippen molar-refractivity contribution < 1.29 is 23.5 Å². The summed E-state index contributed by atoms with van der Waals surface area (Å²) in [6.07, 6.45) is 1.30. The van der Waals surface area contributed by atoms with Crippen molar-refractivity contribution in [2.24, 2.45) is 5.92 Å². The van der Waals surface area contributed by atoms with Crippen LogP contribution >= 0.6 is 0 Å². The molecule has 3 rings (SSSR count). The van der Waals surface area contributed by atoms with Crippen molar-refractivity contribution >= 4 is 11.9 Å². The van der Waals surface area contributed by atoms with Gasteiger partial charge in [0.05, 0.1) is 6.54 Å². The molecule has 0 radical (unpaired) electrons. The smallest absolute Gasteiger partial charge is 0.325 e. The Morgan fingerprint density at radius 2 is 2.00 bits per heavy atom. The van der Waals surface area contributed by atoms with E-state index in [2.05, 4.69) is 12.2 Å². The minimum Gasteiger partial charge on any atom is -0.386 e. The first-order valence-corrected chi connectivity index (χ1v) is 8.09. The Kier molecular flexibility index (Phi) is 4.29. The molecular weight excluding hydrogens is 318 g/mol. The van der Waals surface area contributed by atoms with Crippen LogP contribution in [-0.2, 0) is 4.79 Å². The largest absolute Gasteiger partial charge is 0.386 e. The Labute approximate surface area is 138 Å². The quantitative estimate of drug-likeness (QED) is 0.832. The molecule has 1 saturated carbocycles. The van der Waals surface area contributed by atoms with Gasteiger partial charge < -0.3 is 10.4 Å². The summed E-state index contributed by atoms with van der Waals surface area (Å²) in [5, 5.41) is 12.9. The number of rotatable bonds is 3. The second-order valence-electron chi connectivity index (χ2n) is 6.79. The van der Waals surface area contributed by atoms with Crippen molar-refractivity contribution in [2.45, 2.75) is 44.2 Å². The molecule has 1 spiro atoms. The molecule has 2 N–H and O–H groups in total. The van der Waals surface area contributed by atoms with Gasteiger partial charge in [0.15, 0.2) is 0 Å². The van der Waals surface area contributed by atoms with Crippen molar-refractivity contribution in [3.63, 3.8) is 0 Å². The van der Waals surface area contributed by atoms with Crippen LogP contribution in [0.4, 0.5) is 13.6 Å². The van der Waals surface area contributed by atoms with E-state index in [0.717, 1.165) is 35.9 Å². The second-order valence-corrected chi connectivity index (χ2v) is 6.79. The molecule has 1 atom stereocenters. The maximum absolute atomic E-state index is 13.7. The molecule has 0 aromatic heterocycles. The number of aliphatic hydroxyl groups excluding tert-OH is 1. The molecule has 1 aromatic carbocycles. The van der Waals surface area contributed by atoms with Crippen LogP contribution in [0.2, 0.25) is 0 Å². The molecule has 1 aromatic rings. The SMILES string of the molecule is CC1CCC2(CC1)NC(=O)N(CC(O)c1cc(F)ccc1F)C2=O. The number of halogens is 2. The van der Waals surface area contributed by atoms with Crippen molar-refractivity contribution in [2.75, 3.05) is 6.54 Å². The fourth-order valence-corrected chi connectivity index (χ4v) is 3.48. The van der Waals surface area contributed by atoms with Crippen molar-refractivity contribution in [1.82, 2.24) is 10.2 Å². The Bertz CT molecular complexity index is 672. The average Bonchev–Trinajstić information content (AvgIpc) is 2.77. The van der Waals surface area contributed by atoms with Crippen molar-refractivity contribution in [3.05, 3.63) is 35.4 Å². The lowest BCUT2D eigenvalue weighted by atomic mass is 9.77. The van der Waals surface area contributed by atoms with Crippen molar-refractivity contribution in [3.8, 4) is 0 Å². The molecule has 130 valence electrons. The summed E-state index contributed by atoms with van der Waals surface area (Å²) in [4.78, 5) is 25.8. The number of hydrogen-bond acceptors (Lipinski definition) is 3. The van der Waals surface area contributed by atoms with E-state index in [1.165, 1.54) is 0 Å². The molecule has 1 unspecified atom stereocenters. The third-order valence-electron chi connectivity index (χ3n) is 5.05. The van der Waals surface area contributed by atoms with Gasteiger partial charge in [0.25, 0.3) is 5.91 Å². The van der Waals surface area contributed by atoms with E-state index >= 15 is 0 Å². The summed E-state index contributed by atoms with van der Waals surface area (Å²) >= 11 is 0. The fraction of sp³-hybridized carbons (Fsp3) is 0.529. The third kappa shape index (κ3) is 2.88. The monoisotopic (exact) mass is 338 g/mol. The topological polar surface area (TPSA) is 69.6 Å². The number of urea groups is 1. The summed E-state index contributed by atoms with van der Waals surface area (Å²) in [7, 11) is 0. The zero-order valence-corrected chi connectivity index (χ0v) is 13.4. The van der Waals surface area contributed by atoms with E-state index in [9.17, 15) is 23.5 Å². The molecule has 3 amide bonds. The Morgan fingerprint density at radius 3 is 2.67 bits per heavy atom. The van der Waals surface area contributed by atoms with Gasteiger partial charge in [-0.05, 0) is 49.8 Å². The van der Waals surface area contributed by atoms with Gasteiger partial charge in [-0.2, -0.15) is 0 Å². The van der Waals surface area contributed by atoms with E-state index in [1.54, 1.807) is 0 Å². The van der Waals surface area contributed by atoms with E-state index in [1.807, 2.05) is 0 Å². The third-order valence-corrected chi connectivity index (χ3v) is 5.05. The summed E-state index contributed by atoms with van der Waals surface area (Å²) < 4.78 is 27.0. The van der Waals surface area contributed by atoms with E-state index in [0.29, 0.717) is 18.8 Å². The fourth-order valence-electron chi connectivity index (χ4n) is 3.48. The van der Waals surface area contributed by atoms with Crippen LogP contribution in [0, 0.1) is 17.6 Å². The molecule has 1 saturated heterocycles. The standard InChI is InChI=1S/C17H20F2N2O3/c1-10-4-6-17(7-5-10)15(23)21(16(24)20-17)9-14(22)12-8-11(18)2-3-13(12)19/h2-3,8,10,14,22H,4-7,9H2,1H3,(H,20,24). The van der Waals surface area contributed by atoms with Crippen LogP contribution < -0.4 is 5.32 Å². The molecule has 1 aliphatic heterocycles. The van der Waals surface area contributed by atoms with Gasteiger partial charge in [0, 0.05) is 5.56 Å². The number of hydrogen-bond donors (Lipinski definition) is 2. The van der Waals surface area contributed by atoms with E-state index in [-0.39, 0.29) is 5.56 Å². The minimum atomic E-state index is -1.48. The van der Waals surface area contributed by atoms with Gasteiger partial charge in [-0.15, -0.1) is 0 Å². The average molecular weight is 338 g/mol. The predicted molar refractivity (Wildman–Crippen MR) is 81.9 cm³/mol. The number of benzene rings is 1. The number of nitrogens with one attached hydrogen (secondary N) is 1. The molecule has 0 bridgehead atoms. The van der Waals surface area contributed by atoms with Crippen LogP contribution in [0.15, 0.2) is 18.2 Å². The highest BCUT2D eigenvalue weighted by Gasteiger charge is 2.52. The van der Waals surface area contributed by atoms with E-state index in [4.69, 9.17) is 0 Å². The molecule has 1 heterocycles. The van der Waals surface area contributed by atoms with Crippen LogP contribution in [-0.4, -0.2) is 34.0 Å². The lowest BCUT2D eigenvalue weighted by molar-refractivity contribution is -0.133. The molecule has 2 aliphatic rings. The molecule has 1 aliphatic carbocycles. The highest BCUT2D eigenvalue weighted by molar-refractivity contribution is 6.07. The number of nitrogens with zero attached hydrogens (tertiary/aromatic N) is 1. The van der Waals surface area contributed by atoms with Crippen LogP contribution in [0.1, 0.15) is 44.3 Å². The molecule has 5 nitrogen and oxygen atoms in total. The summed E-state index contributed by atoms with van der Waals surface area (Å²) in [6, 6.07) is 2.13. The van der Waals surface area contributed by atoms with E-state index < -0.39 is 41.8 Å². The summed E-state index contributed by atoms with van der Waals surface area (Å²) in [5.74, 6) is -1.37. The number of β-amino-alcohol motifs (C(OH)–C–C–N with tert-alkyl or cyclic N) is 1. The van der Waals surface area contributed by atoms with Gasteiger partial charge in [0.1, 0.15) is 23.3 Å². The van der Waals surface area contributed by atoms with Crippen molar-refractivity contribution in [1.29, 1.82) is 0 Å². The normalized spacial score (nSPS) is 28.3. The number of carbonyl (C=O) groups is 2. The lowest BCUT2D eigenvalue weighted by Crippen LogP contribution is -2.49. The molecule has 24 heavy (non-hydrogen) atoms. The molecule has 7 heteroatoms. The first-order chi connectivity index (χ1) is 11.3. The van der Waals surface area contributed by atoms with Gasteiger partial charge in [-0.3, -0.25) is 9.69 Å². The maximum atomic E-state index is 13.7. The highest BCUT2D eigenvalue weighted by Crippen LogP contribution is 2.36. The number of amides is 3. The molecular formula is C17H20F2N2O3. The Hall–Kier alpha value is -2.02. The Morgan fingerprint density at radius 1 is 1.33 bits per heavy atom. The zero-order chi connectivity index (χ0) is 17.5.